The van der Waals surface area contributed by atoms with Gasteiger partial charge in [-0.15, -0.1) is 0 Å². The Kier molecular flexibility index (Phi) is 4.05. The van der Waals surface area contributed by atoms with Crippen LogP contribution in [0.5, 0.6) is 0 Å². The lowest BCUT2D eigenvalue weighted by Crippen LogP contribution is -2.13. The summed E-state index contributed by atoms with van der Waals surface area (Å²) >= 11 is 0. The number of carbonyl (C=O) groups excluding carboxylic acids is 1. The smallest absolute Gasteiger partial charge is 0.165 e. The Bertz CT molecular complexity index is 551. The maximum absolute atomic E-state index is 12.2. The van der Waals surface area contributed by atoms with Crippen molar-refractivity contribution in [1.82, 2.24) is 4.98 Å². The third-order valence-electron chi connectivity index (χ3n) is 3.18. The Morgan fingerprint density at radius 2 is 2.22 bits per heavy atom. The molecule has 0 radical (unpaired) electrons. The van der Waals surface area contributed by atoms with Gasteiger partial charge in [0, 0.05) is 23.1 Å². The molecule has 1 aromatic heterocycles. The van der Waals surface area contributed by atoms with Crippen LogP contribution in [0.15, 0.2) is 36.5 Å². The van der Waals surface area contributed by atoms with Crippen LogP contribution in [0.3, 0.4) is 0 Å². The van der Waals surface area contributed by atoms with Gasteiger partial charge in [-0.25, -0.2) is 0 Å². The van der Waals surface area contributed by atoms with E-state index in [0.717, 1.165) is 29.3 Å². The van der Waals surface area contributed by atoms with E-state index < -0.39 is 0 Å². The molecule has 1 atom stereocenters. The van der Waals surface area contributed by atoms with E-state index in [9.17, 15) is 4.79 Å². The fraction of sp³-hybridized carbons (Fsp3) is 0.333. The van der Waals surface area contributed by atoms with Crippen molar-refractivity contribution >= 4 is 16.7 Å². The molecule has 0 fully saturated rings. The van der Waals surface area contributed by atoms with Gasteiger partial charge in [-0.3, -0.25) is 9.78 Å². The summed E-state index contributed by atoms with van der Waals surface area (Å²) in [6.07, 6.45) is 3.47. The molecule has 0 aliphatic rings. The molecule has 0 aliphatic heterocycles. The van der Waals surface area contributed by atoms with Gasteiger partial charge in [-0.1, -0.05) is 25.1 Å². The van der Waals surface area contributed by atoms with Gasteiger partial charge in [0.05, 0.1) is 5.52 Å². The minimum Gasteiger partial charge on any atom is -0.330 e. The van der Waals surface area contributed by atoms with Gasteiger partial charge in [-0.05, 0) is 31.5 Å². The van der Waals surface area contributed by atoms with Crippen molar-refractivity contribution in [1.29, 1.82) is 0 Å². The summed E-state index contributed by atoms with van der Waals surface area (Å²) in [4.78, 5) is 16.5. The highest BCUT2D eigenvalue weighted by Gasteiger charge is 2.14. The molecular weight excluding hydrogens is 224 g/mol. The molecule has 0 saturated heterocycles. The first-order chi connectivity index (χ1) is 8.72. The summed E-state index contributed by atoms with van der Waals surface area (Å²) in [6.45, 7) is 2.59. The van der Waals surface area contributed by atoms with Gasteiger partial charge in [0.1, 0.15) is 0 Å². The van der Waals surface area contributed by atoms with Crippen LogP contribution in [0.4, 0.5) is 0 Å². The van der Waals surface area contributed by atoms with Crippen LogP contribution in [0.1, 0.15) is 30.1 Å². The number of aromatic nitrogens is 1. The molecule has 18 heavy (non-hydrogen) atoms. The van der Waals surface area contributed by atoms with Crippen LogP contribution in [0, 0.1) is 5.92 Å². The minimum absolute atomic E-state index is 0.0229. The lowest BCUT2D eigenvalue weighted by Gasteiger charge is -2.10. The Labute approximate surface area is 107 Å². The number of pyridine rings is 1. The highest BCUT2D eigenvalue weighted by Crippen LogP contribution is 2.18. The van der Waals surface area contributed by atoms with E-state index in [1.807, 2.05) is 37.3 Å². The van der Waals surface area contributed by atoms with E-state index in [4.69, 9.17) is 5.73 Å². The van der Waals surface area contributed by atoms with Crippen LogP contribution >= 0.6 is 0 Å². The van der Waals surface area contributed by atoms with Crippen molar-refractivity contribution in [3.8, 4) is 0 Å². The summed E-state index contributed by atoms with van der Waals surface area (Å²) in [6, 6.07) is 9.59. The average molecular weight is 242 g/mol. The molecular formula is C15H18N2O. The molecule has 0 aliphatic carbocycles. The highest BCUT2D eigenvalue weighted by molar-refractivity contribution is 6.00. The third kappa shape index (κ3) is 2.74. The molecule has 1 aromatic carbocycles. The van der Waals surface area contributed by atoms with Crippen LogP contribution in [-0.2, 0) is 0 Å². The first-order valence-corrected chi connectivity index (χ1v) is 6.31. The number of carbonyl (C=O) groups is 1. The van der Waals surface area contributed by atoms with Gasteiger partial charge in [0.15, 0.2) is 5.78 Å². The van der Waals surface area contributed by atoms with Crippen LogP contribution in [-0.4, -0.2) is 17.3 Å². The molecule has 2 rings (SSSR count). The normalized spacial score (nSPS) is 12.6. The number of nitrogens with two attached hydrogens (primary N) is 1. The van der Waals surface area contributed by atoms with Gasteiger partial charge in [0.2, 0.25) is 0 Å². The van der Waals surface area contributed by atoms with Crippen molar-refractivity contribution in [3.63, 3.8) is 0 Å². The van der Waals surface area contributed by atoms with Gasteiger partial charge in [0.25, 0.3) is 0 Å². The van der Waals surface area contributed by atoms with Gasteiger partial charge < -0.3 is 5.73 Å². The quantitative estimate of drug-likeness (QED) is 0.820. The second-order valence-electron chi connectivity index (χ2n) is 4.61. The van der Waals surface area contributed by atoms with Crippen LogP contribution in [0.2, 0.25) is 0 Å². The molecule has 0 saturated carbocycles. The zero-order valence-corrected chi connectivity index (χ0v) is 10.6. The van der Waals surface area contributed by atoms with Crippen LogP contribution in [0.25, 0.3) is 10.9 Å². The topological polar surface area (TPSA) is 56.0 Å². The fourth-order valence-corrected chi connectivity index (χ4v) is 2.06. The molecule has 0 amide bonds. The Hall–Kier alpha value is -1.74. The monoisotopic (exact) mass is 242 g/mol. The number of fused-ring (bicyclic) bond motifs is 1. The summed E-state index contributed by atoms with van der Waals surface area (Å²) < 4.78 is 0. The van der Waals surface area contributed by atoms with E-state index >= 15 is 0 Å². The van der Waals surface area contributed by atoms with Crippen molar-refractivity contribution in [3.05, 3.63) is 42.1 Å². The van der Waals surface area contributed by atoms with E-state index in [-0.39, 0.29) is 11.7 Å². The molecule has 3 nitrogen and oxygen atoms in total. The van der Waals surface area contributed by atoms with Crippen molar-refractivity contribution in [2.24, 2.45) is 11.7 Å². The molecule has 94 valence electrons. The van der Waals surface area contributed by atoms with E-state index in [0.29, 0.717) is 6.54 Å². The van der Waals surface area contributed by atoms with Crippen LogP contribution < -0.4 is 5.73 Å². The number of hydrogen-bond donors (Lipinski definition) is 1. The Morgan fingerprint density at radius 3 is 3.00 bits per heavy atom. The third-order valence-corrected chi connectivity index (χ3v) is 3.18. The highest BCUT2D eigenvalue weighted by atomic mass is 16.1. The molecule has 3 heteroatoms. The molecule has 2 N–H and O–H groups in total. The fourth-order valence-electron chi connectivity index (χ4n) is 2.06. The van der Waals surface area contributed by atoms with E-state index in [2.05, 4.69) is 4.98 Å². The summed E-state index contributed by atoms with van der Waals surface area (Å²) in [7, 11) is 0. The van der Waals surface area contributed by atoms with Crippen molar-refractivity contribution < 1.29 is 4.79 Å². The second-order valence-corrected chi connectivity index (χ2v) is 4.61. The zero-order valence-electron chi connectivity index (χ0n) is 10.6. The first kappa shape index (κ1) is 12.7. The first-order valence-electron chi connectivity index (χ1n) is 6.31. The number of ketones is 1. The maximum atomic E-state index is 12.2. The number of benzene rings is 1. The molecule has 2 aromatic rings. The summed E-state index contributed by atoms with van der Waals surface area (Å²) in [5, 5.41) is 1.06. The molecule has 0 bridgehead atoms. The van der Waals surface area contributed by atoms with Gasteiger partial charge in [-0.2, -0.15) is 0 Å². The summed E-state index contributed by atoms with van der Waals surface area (Å²) in [5.74, 6) is 0.200. The number of Topliss-reactive ketones (excluding diaryl/α,β-unsaturated/α-hetero) is 1. The predicted molar refractivity (Wildman–Crippen MR) is 73.5 cm³/mol. The van der Waals surface area contributed by atoms with Crippen molar-refractivity contribution in [2.75, 3.05) is 6.54 Å². The minimum atomic E-state index is 0.0229. The number of nitrogens with zero attached hydrogens (tertiary/aromatic N) is 1. The Balaban J connectivity index is 2.22. The Morgan fingerprint density at radius 1 is 1.39 bits per heavy atom. The second kappa shape index (κ2) is 5.74. The standard InChI is InChI=1S/C15H18N2O/c1-11(4-2-8-16)15(18)13-7-6-12-5-3-9-17-14(12)10-13/h3,5-7,9-11H,2,4,8,16H2,1H3. The lowest BCUT2D eigenvalue weighted by atomic mass is 9.94. The van der Waals surface area contributed by atoms with E-state index in [1.54, 1.807) is 6.20 Å². The molecule has 1 unspecified atom stereocenters. The maximum Gasteiger partial charge on any atom is 0.165 e. The number of rotatable bonds is 5. The largest absolute Gasteiger partial charge is 0.330 e. The summed E-state index contributed by atoms with van der Waals surface area (Å²) in [5.41, 5.74) is 7.08. The average Bonchev–Trinajstić information content (AvgIpc) is 2.43. The van der Waals surface area contributed by atoms with Gasteiger partial charge >= 0.3 is 0 Å². The van der Waals surface area contributed by atoms with E-state index in [1.165, 1.54) is 0 Å². The van der Waals surface area contributed by atoms with Crippen molar-refractivity contribution in [2.45, 2.75) is 19.8 Å². The molecule has 1 heterocycles. The SMILES string of the molecule is CC(CCCN)C(=O)c1ccc2cccnc2c1. The molecule has 0 spiro atoms. The lowest BCUT2D eigenvalue weighted by molar-refractivity contribution is 0.0923. The predicted octanol–water partition coefficient (Wildman–Crippen LogP) is 2.79. The number of hydrogen-bond acceptors (Lipinski definition) is 3. The zero-order chi connectivity index (χ0) is 13.0.